The molecule has 0 saturated carbocycles. The zero-order valence-corrected chi connectivity index (χ0v) is 11.8. The molecular weight excluding hydrogens is 254 g/mol. The number of rotatable bonds is 6. The number of benzene rings is 1. The van der Waals surface area contributed by atoms with Crippen molar-refractivity contribution in [3.8, 4) is 5.75 Å². The van der Waals surface area contributed by atoms with Crippen LogP contribution < -0.4 is 10.5 Å². The average molecular weight is 272 g/mol. The molecule has 1 atom stereocenters. The molecule has 2 N–H and O–H groups in total. The van der Waals surface area contributed by atoms with E-state index in [-0.39, 0.29) is 4.99 Å². The van der Waals surface area contributed by atoms with Crippen molar-refractivity contribution in [1.29, 1.82) is 0 Å². The highest BCUT2D eigenvalue weighted by molar-refractivity contribution is 7.80. The Kier molecular flexibility index (Phi) is 5.72. The molecule has 1 unspecified atom stereocenters. The van der Waals surface area contributed by atoms with Gasteiger partial charge in [-0.1, -0.05) is 50.2 Å². The third kappa shape index (κ3) is 4.17. The van der Waals surface area contributed by atoms with Crippen LogP contribution >= 0.6 is 23.8 Å². The minimum atomic E-state index is 0.272. The molecule has 94 valence electrons. The van der Waals surface area contributed by atoms with Gasteiger partial charge in [-0.15, -0.1) is 0 Å². The summed E-state index contributed by atoms with van der Waals surface area (Å²) in [7, 11) is 0. The van der Waals surface area contributed by atoms with Gasteiger partial charge in [0.2, 0.25) is 0 Å². The van der Waals surface area contributed by atoms with Gasteiger partial charge in [0.05, 0.1) is 17.2 Å². The molecule has 0 amide bonds. The predicted molar refractivity (Wildman–Crippen MR) is 76.9 cm³/mol. The second-order valence-corrected chi connectivity index (χ2v) is 5.03. The lowest BCUT2D eigenvalue weighted by Crippen LogP contribution is -2.15. The monoisotopic (exact) mass is 271 g/mol. The van der Waals surface area contributed by atoms with E-state index in [1.165, 1.54) is 0 Å². The molecule has 0 fully saturated rings. The molecule has 0 heterocycles. The van der Waals surface area contributed by atoms with Gasteiger partial charge in [-0.3, -0.25) is 0 Å². The Hall–Kier alpha value is -0.800. The van der Waals surface area contributed by atoms with Crippen molar-refractivity contribution in [1.82, 2.24) is 0 Å². The summed E-state index contributed by atoms with van der Waals surface area (Å²) in [5, 5.41) is 0.540. The molecule has 1 aromatic rings. The summed E-state index contributed by atoms with van der Waals surface area (Å²) in [6.45, 7) is 4.98. The van der Waals surface area contributed by atoms with Crippen LogP contribution in [0.5, 0.6) is 5.75 Å². The van der Waals surface area contributed by atoms with Crippen molar-refractivity contribution in [2.45, 2.75) is 26.7 Å². The van der Waals surface area contributed by atoms with Gasteiger partial charge in [-0.2, -0.15) is 0 Å². The number of halogens is 1. The van der Waals surface area contributed by atoms with Gasteiger partial charge >= 0.3 is 0 Å². The number of hydrogen-bond acceptors (Lipinski definition) is 2. The van der Waals surface area contributed by atoms with Crippen molar-refractivity contribution >= 4 is 28.8 Å². The molecule has 1 rings (SSSR count). The second-order valence-electron chi connectivity index (χ2n) is 4.18. The van der Waals surface area contributed by atoms with Crippen molar-refractivity contribution < 1.29 is 4.74 Å². The first-order chi connectivity index (χ1) is 8.06. The topological polar surface area (TPSA) is 35.2 Å². The van der Waals surface area contributed by atoms with E-state index in [9.17, 15) is 0 Å². The Balaban J connectivity index is 2.77. The zero-order chi connectivity index (χ0) is 12.8. The molecule has 0 radical (unpaired) electrons. The standard InChI is InChI=1S/C13H18ClNOS/c1-3-5-9(2)8-16-11-7-4-6-10(14)12(11)13(15)17/h4,6-7,9H,3,5,8H2,1-2H3,(H2,15,17). The average Bonchev–Trinajstić information content (AvgIpc) is 2.26. The van der Waals surface area contributed by atoms with Crippen LogP contribution in [0.2, 0.25) is 5.02 Å². The first-order valence-corrected chi connectivity index (χ1v) is 6.56. The Bertz CT molecular complexity index is 395. The second kappa shape index (κ2) is 6.82. The Morgan fingerprint density at radius 3 is 2.82 bits per heavy atom. The first-order valence-electron chi connectivity index (χ1n) is 5.77. The largest absolute Gasteiger partial charge is 0.493 e. The van der Waals surface area contributed by atoms with Crippen molar-refractivity contribution in [3.63, 3.8) is 0 Å². The van der Waals surface area contributed by atoms with Crippen LogP contribution in [0.4, 0.5) is 0 Å². The van der Waals surface area contributed by atoms with Gasteiger partial charge < -0.3 is 10.5 Å². The van der Waals surface area contributed by atoms with E-state index in [1.54, 1.807) is 6.07 Å². The molecule has 0 saturated heterocycles. The van der Waals surface area contributed by atoms with E-state index < -0.39 is 0 Å². The van der Waals surface area contributed by atoms with E-state index in [2.05, 4.69) is 13.8 Å². The van der Waals surface area contributed by atoms with Crippen molar-refractivity contribution in [2.24, 2.45) is 11.7 Å². The van der Waals surface area contributed by atoms with Gasteiger partial charge in [0, 0.05) is 0 Å². The Labute approximate surface area is 113 Å². The summed E-state index contributed by atoms with van der Waals surface area (Å²) in [6.07, 6.45) is 2.30. The summed E-state index contributed by atoms with van der Waals surface area (Å²) in [4.78, 5) is 0.272. The van der Waals surface area contributed by atoms with Gasteiger partial charge in [-0.25, -0.2) is 0 Å². The summed E-state index contributed by atoms with van der Waals surface area (Å²) in [5.41, 5.74) is 6.28. The minimum Gasteiger partial charge on any atom is -0.493 e. The number of ether oxygens (including phenoxy) is 1. The maximum Gasteiger partial charge on any atom is 0.130 e. The predicted octanol–water partition coefficient (Wildman–Crippen LogP) is 3.79. The van der Waals surface area contributed by atoms with E-state index in [0.29, 0.717) is 28.9 Å². The molecule has 0 aliphatic rings. The Morgan fingerprint density at radius 2 is 2.24 bits per heavy atom. The quantitative estimate of drug-likeness (QED) is 0.800. The van der Waals surface area contributed by atoms with Crippen molar-refractivity contribution in [2.75, 3.05) is 6.61 Å². The lowest BCUT2D eigenvalue weighted by molar-refractivity contribution is 0.251. The van der Waals surface area contributed by atoms with Gasteiger partial charge in [0.1, 0.15) is 10.7 Å². The summed E-state index contributed by atoms with van der Waals surface area (Å²) < 4.78 is 5.74. The van der Waals surface area contributed by atoms with Crippen LogP contribution in [0, 0.1) is 5.92 Å². The van der Waals surface area contributed by atoms with E-state index in [1.807, 2.05) is 12.1 Å². The van der Waals surface area contributed by atoms with Gasteiger partial charge in [0.15, 0.2) is 0 Å². The minimum absolute atomic E-state index is 0.272. The summed E-state index contributed by atoms with van der Waals surface area (Å²) >= 11 is 11.0. The molecule has 1 aromatic carbocycles. The van der Waals surface area contributed by atoms with Crippen LogP contribution in [0.1, 0.15) is 32.3 Å². The molecule has 0 aliphatic heterocycles. The molecular formula is C13H18ClNOS. The molecule has 4 heteroatoms. The normalized spacial score (nSPS) is 12.2. The number of thiocarbonyl (C=S) groups is 1. The number of nitrogens with two attached hydrogens (primary N) is 1. The number of hydrogen-bond donors (Lipinski definition) is 1. The molecule has 0 bridgehead atoms. The van der Waals surface area contributed by atoms with E-state index in [4.69, 9.17) is 34.3 Å². The van der Waals surface area contributed by atoms with Crippen molar-refractivity contribution in [3.05, 3.63) is 28.8 Å². The third-order valence-electron chi connectivity index (χ3n) is 2.53. The van der Waals surface area contributed by atoms with Crippen LogP contribution in [0.3, 0.4) is 0 Å². The Morgan fingerprint density at radius 1 is 1.53 bits per heavy atom. The van der Waals surface area contributed by atoms with Gasteiger partial charge in [0.25, 0.3) is 0 Å². The van der Waals surface area contributed by atoms with E-state index >= 15 is 0 Å². The van der Waals surface area contributed by atoms with Gasteiger partial charge in [-0.05, 0) is 24.5 Å². The third-order valence-corrected chi connectivity index (χ3v) is 3.05. The summed E-state index contributed by atoms with van der Waals surface area (Å²) in [6, 6.07) is 5.45. The summed E-state index contributed by atoms with van der Waals surface area (Å²) in [5.74, 6) is 1.19. The fraction of sp³-hybridized carbons (Fsp3) is 0.462. The van der Waals surface area contributed by atoms with E-state index in [0.717, 1.165) is 12.8 Å². The first kappa shape index (κ1) is 14.3. The highest BCUT2D eigenvalue weighted by Gasteiger charge is 2.11. The fourth-order valence-electron chi connectivity index (χ4n) is 1.67. The van der Waals surface area contributed by atoms with Crippen LogP contribution in [-0.2, 0) is 0 Å². The van der Waals surface area contributed by atoms with Crippen LogP contribution in [-0.4, -0.2) is 11.6 Å². The molecule has 0 spiro atoms. The smallest absolute Gasteiger partial charge is 0.130 e. The highest BCUT2D eigenvalue weighted by Crippen LogP contribution is 2.26. The molecule has 2 nitrogen and oxygen atoms in total. The highest BCUT2D eigenvalue weighted by atomic mass is 35.5. The fourth-order valence-corrected chi connectivity index (χ4v) is 2.21. The van der Waals surface area contributed by atoms with Crippen LogP contribution in [0.25, 0.3) is 0 Å². The van der Waals surface area contributed by atoms with Crippen LogP contribution in [0.15, 0.2) is 18.2 Å². The maximum absolute atomic E-state index is 6.05. The zero-order valence-electron chi connectivity index (χ0n) is 10.2. The SMILES string of the molecule is CCCC(C)COc1cccc(Cl)c1C(N)=S. The molecule has 0 aromatic heterocycles. The molecule has 17 heavy (non-hydrogen) atoms. The maximum atomic E-state index is 6.05. The molecule has 0 aliphatic carbocycles. The lowest BCUT2D eigenvalue weighted by atomic mass is 10.1. The lowest BCUT2D eigenvalue weighted by Gasteiger charge is -2.15.